The van der Waals surface area contributed by atoms with Crippen molar-refractivity contribution in [2.24, 2.45) is 22.2 Å². The second kappa shape index (κ2) is 20.0. The smallest absolute Gasteiger partial charge is 0.238 e. The molecule has 0 atom stereocenters. The summed E-state index contributed by atoms with van der Waals surface area (Å²) in [6, 6.07) is 10.4. The quantitative estimate of drug-likeness (QED) is 0.180. The summed E-state index contributed by atoms with van der Waals surface area (Å²) >= 11 is 0. The molecule has 55 heavy (non-hydrogen) atoms. The van der Waals surface area contributed by atoms with Crippen molar-refractivity contribution in [1.29, 1.82) is 0 Å². The number of hydrogen-bond acceptors (Lipinski definition) is 6. The maximum Gasteiger partial charge on any atom is 0.238 e. The van der Waals surface area contributed by atoms with Gasteiger partial charge >= 0.3 is 0 Å². The van der Waals surface area contributed by atoms with E-state index in [0.29, 0.717) is 28.5 Å². The molecule has 2 aromatic heterocycles. The number of nitrogens with one attached hydrogen (secondary N) is 2. The lowest BCUT2D eigenvalue weighted by atomic mass is 9.73. The van der Waals surface area contributed by atoms with Crippen molar-refractivity contribution in [3.05, 3.63) is 59.2 Å². The van der Waals surface area contributed by atoms with Crippen LogP contribution in [0.25, 0.3) is 11.3 Å². The first kappa shape index (κ1) is 44.1. The van der Waals surface area contributed by atoms with Gasteiger partial charge in [0.25, 0.3) is 0 Å². The van der Waals surface area contributed by atoms with E-state index < -0.39 is 11.2 Å². The van der Waals surface area contributed by atoms with Crippen molar-refractivity contribution in [2.75, 3.05) is 23.3 Å². The average Bonchev–Trinajstić information content (AvgIpc) is 3.35. The van der Waals surface area contributed by atoms with Crippen LogP contribution in [0.3, 0.4) is 0 Å². The number of anilines is 3. The Kier molecular flexibility index (Phi) is 16.0. The molecule has 3 aliphatic rings. The molecule has 1 spiro atoms. The SMILES string of the molecule is CC(C)C.CCCC(C)(C)CC.CCCC=Nc1cc(-c2ccc3c(c2)N(C2CC(CCC)C2)C(=O)C32CCNCC2)nc(Nc2cc(C)ncc2F)c1C. The molecule has 1 aliphatic carbocycles. The number of hydrogen-bond donors (Lipinski definition) is 2. The molecular formula is C47H71FN6O. The summed E-state index contributed by atoms with van der Waals surface area (Å²) in [6.07, 6.45) is 15.2. The topological polar surface area (TPSA) is 82.5 Å². The molecule has 6 rings (SSSR count). The number of aliphatic imine (C=N–C) groups is 1. The van der Waals surface area contributed by atoms with Gasteiger partial charge in [0.2, 0.25) is 5.91 Å². The van der Waals surface area contributed by atoms with Crippen molar-refractivity contribution in [2.45, 2.75) is 158 Å². The number of fused-ring (bicyclic) bond motifs is 2. The van der Waals surface area contributed by atoms with Crippen molar-refractivity contribution in [3.8, 4) is 11.3 Å². The molecule has 2 N–H and O–H groups in total. The van der Waals surface area contributed by atoms with Gasteiger partial charge in [0, 0.05) is 34.8 Å². The predicted molar refractivity (Wildman–Crippen MR) is 232 cm³/mol. The van der Waals surface area contributed by atoms with E-state index in [1.165, 1.54) is 38.3 Å². The van der Waals surface area contributed by atoms with E-state index in [1.54, 1.807) is 6.07 Å². The van der Waals surface area contributed by atoms with Crippen LogP contribution in [-0.2, 0) is 10.2 Å². The second-order valence-corrected chi connectivity index (χ2v) is 17.6. The minimum absolute atomic E-state index is 0.252. The van der Waals surface area contributed by atoms with Gasteiger partial charge in [0.05, 0.1) is 28.7 Å². The van der Waals surface area contributed by atoms with Crippen LogP contribution in [0.5, 0.6) is 0 Å². The molecule has 3 aromatic rings. The minimum atomic E-state index is -0.450. The highest BCUT2D eigenvalue weighted by molar-refractivity contribution is 6.09. The normalized spacial score (nSPS) is 18.8. The van der Waals surface area contributed by atoms with Crippen molar-refractivity contribution >= 4 is 35.0 Å². The molecule has 8 heteroatoms. The van der Waals surface area contributed by atoms with Crippen LogP contribution < -0.4 is 15.5 Å². The average molecular weight is 755 g/mol. The van der Waals surface area contributed by atoms with E-state index in [0.717, 1.165) is 91.3 Å². The Hall–Kier alpha value is -3.65. The molecule has 1 amide bonds. The Morgan fingerprint density at radius 1 is 1.04 bits per heavy atom. The summed E-state index contributed by atoms with van der Waals surface area (Å²) in [4.78, 5) is 30.2. The van der Waals surface area contributed by atoms with E-state index >= 15 is 0 Å². The number of unbranched alkanes of at least 4 members (excludes halogenated alkanes) is 1. The van der Waals surface area contributed by atoms with Crippen LogP contribution in [0, 0.1) is 36.9 Å². The molecule has 0 bridgehead atoms. The summed E-state index contributed by atoms with van der Waals surface area (Å²) in [5.74, 6) is 1.92. The van der Waals surface area contributed by atoms with E-state index in [-0.39, 0.29) is 11.9 Å². The summed E-state index contributed by atoms with van der Waals surface area (Å²) in [5, 5.41) is 6.67. The monoisotopic (exact) mass is 755 g/mol. The van der Waals surface area contributed by atoms with Gasteiger partial charge in [0.1, 0.15) is 5.82 Å². The predicted octanol–water partition coefficient (Wildman–Crippen LogP) is 12.6. The fourth-order valence-corrected chi connectivity index (χ4v) is 7.92. The van der Waals surface area contributed by atoms with Gasteiger partial charge < -0.3 is 15.5 Å². The number of piperidine rings is 1. The minimum Gasteiger partial charge on any atom is -0.337 e. The van der Waals surface area contributed by atoms with Gasteiger partial charge in [-0.3, -0.25) is 14.8 Å². The fraction of sp³-hybridized carbons (Fsp3) is 0.617. The molecule has 2 fully saturated rings. The lowest BCUT2D eigenvalue weighted by Gasteiger charge is -2.43. The maximum atomic E-state index is 14.7. The number of rotatable bonds is 12. The Labute approximate surface area is 332 Å². The van der Waals surface area contributed by atoms with Crippen LogP contribution in [0.15, 0.2) is 41.5 Å². The number of carbonyl (C=O) groups is 1. The summed E-state index contributed by atoms with van der Waals surface area (Å²) in [7, 11) is 0. The Balaban J connectivity index is 0.000000488. The number of nitrogens with zero attached hydrogens (tertiary/aromatic N) is 4. The third kappa shape index (κ3) is 11.0. The van der Waals surface area contributed by atoms with E-state index in [9.17, 15) is 9.18 Å². The Bertz CT molecular complexity index is 1730. The largest absolute Gasteiger partial charge is 0.337 e. The van der Waals surface area contributed by atoms with Gasteiger partial charge in [-0.15, -0.1) is 0 Å². The summed E-state index contributed by atoms with van der Waals surface area (Å²) in [5.41, 5.74) is 6.67. The van der Waals surface area contributed by atoms with Gasteiger partial charge in [-0.1, -0.05) is 107 Å². The zero-order valence-electron chi connectivity index (χ0n) is 36.0. The highest BCUT2D eigenvalue weighted by atomic mass is 19.1. The summed E-state index contributed by atoms with van der Waals surface area (Å²) < 4.78 is 14.7. The molecule has 1 saturated carbocycles. The van der Waals surface area contributed by atoms with Crippen LogP contribution in [0.1, 0.15) is 150 Å². The highest BCUT2D eigenvalue weighted by Gasteiger charge is 2.54. The number of halogens is 1. The molecular weight excluding hydrogens is 684 g/mol. The number of aryl methyl sites for hydroxylation is 1. The molecule has 1 saturated heterocycles. The highest BCUT2D eigenvalue weighted by Crippen LogP contribution is 2.52. The first-order valence-electron chi connectivity index (χ1n) is 21.3. The number of benzene rings is 1. The number of carbonyl (C=O) groups excluding carboxylic acids is 1. The number of aromatic nitrogens is 2. The fourth-order valence-electron chi connectivity index (χ4n) is 7.92. The van der Waals surface area contributed by atoms with Crippen molar-refractivity contribution < 1.29 is 9.18 Å². The Morgan fingerprint density at radius 2 is 1.73 bits per heavy atom. The number of pyridine rings is 2. The lowest BCUT2D eigenvalue weighted by molar-refractivity contribution is -0.125. The Morgan fingerprint density at radius 3 is 2.33 bits per heavy atom. The van der Waals surface area contributed by atoms with Gasteiger partial charge in [-0.05, 0) is 106 Å². The van der Waals surface area contributed by atoms with E-state index in [1.807, 2.05) is 26.1 Å². The van der Waals surface area contributed by atoms with Crippen LogP contribution in [0.2, 0.25) is 0 Å². The third-order valence-electron chi connectivity index (χ3n) is 11.4. The van der Waals surface area contributed by atoms with Crippen LogP contribution >= 0.6 is 0 Å². The zero-order valence-corrected chi connectivity index (χ0v) is 36.0. The van der Waals surface area contributed by atoms with E-state index in [2.05, 4.69) is 101 Å². The zero-order chi connectivity index (χ0) is 40.3. The van der Waals surface area contributed by atoms with Gasteiger partial charge in [-0.25, -0.2) is 9.37 Å². The van der Waals surface area contributed by atoms with Crippen molar-refractivity contribution in [1.82, 2.24) is 15.3 Å². The molecule has 7 nitrogen and oxygen atoms in total. The van der Waals surface area contributed by atoms with Crippen molar-refractivity contribution in [3.63, 3.8) is 0 Å². The maximum absolute atomic E-state index is 14.7. The molecule has 0 unspecified atom stereocenters. The molecule has 302 valence electrons. The van der Waals surface area contributed by atoms with E-state index in [4.69, 9.17) is 9.98 Å². The van der Waals surface area contributed by atoms with Crippen LogP contribution in [-0.4, -0.2) is 41.2 Å². The van der Waals surface area contributed by atoms with Gasteiger partial charge in [-0.2, -0.15) is 0 Å². The third-order valence-corrected chi connectivity index (χ3v) is 11.4. The lowest BCUT2D eigenvalue weighted by Crippen LogP contribution is -2.53. The van der Waals surface area contributed by atoms with Gasteiger partial charge in [0.15, 0.2) is 5.82 Å². The second-order valence-electron chi connectivity index (χ2n) is 17.6. The first-order chi connectivity index (χ1) is 26.2. The molecule has 2 aliphatic heterocycles. The first-order valence-corrected chi connectivity index (χ1v) is 21.3. The van der Waals surface area contributed by atoms with Crippen LogP contribution in [0.4, 0.5) is 27.3 Å². The molecule has 4 heterocycles. The standard InChI is InChI=1S/C35H43FN6O.C8H18.C4H10/c1-5-7-13-38-29-20-30(40-33(23(29)4)41-31-16-22(3)39-21-28(31)36)25-9-10-27-32(19-25)42(26-17-24(18-26)8-6-2)34(43)35(27)11-14-37-15-12-35;1-5-7-8(3,4)6-2;1-4(2)3/h9-10,13,16,19-21,24,26,37H,5-8,11-12,14-15,17-18H2,1-4H3,(H,39,40,41);5-7H2,1-4H3;4H,1-3H3. The number of amides is 1. The molecule has 0 radical (unpaired) electrons. The summed E-state index contributed by atoms with van der Waals surface area (Å²) in [6.45, 7) is 25.5. The molecule has 1 aromatic carbocycles.